The lowest BCUT2D eigenvalue weighted by molar-refractivity contribution is 0.439. The quantitative estimate of drug-likeness (QED) is 0.623. The Bertz CT molecular complexity index is 527. The molecule has 20 heavy (non-hydrogen) atoms. The fourth-order valence-electron chi connectivity index (χ4n) is 2.66. The van der Waals surface area contributed by atoms with Gasteiger partial charge < -0.3 is 0 Å². The normalized spacial score (nSPS) is 11.6. The molecular formula is C20H26. The standard InChI is InChI=1S/C20H26/c1-5-16-8-10-17(11-9-16)18-12-14-19(15-13-18)20(4,6-2)7-3/h8-15H,5-7H2,1-4H3. The van der Waals surface area contributed by atoms with E-state index >= 15 is 0 Å². The van der Waals surface area contributed by atoms with Gasteiger partial charge in [-0.25, -0.2) is 0 Å². The van der Waals surface area contributed by atoms with Crippen LogP contribution in [0.25, 0.3) is 11.1 Å². The maximum absolute atomic E-state index is 2.36. The minimum absolute atomic E-state index is 0.310. The van der Waals surface area contributed by atoms with Gasteiger partial charge in [-0.1, -0.05) is 76.2 Å². The van der Waals surface area contributed by atoms with Gasteiger partial charge in [-0.2, -0.15) is 0 Å². The molecule has 0 N–H and O–H groups in total. The average Bonchev–Trinajstić information content (AvgIpc) is 2.54. The highest BCUT2D eigenvalue weighted by Gasteiger charge is 2.21. The number of hydrogen-bond acceptors (Lipinski definition) is 0. The van der Waals surface area contributed by atoms with Gasteiger partial charge in [0.15, 0.2) is 0 Å². The summed E-state index contributed by atoms with van der Waals surface area (Å²) in [5.41, 5.74) is 5.78. The molecule has 0 atom stereocenters. The van der Waals surface area contributed by atoms with E-state index in [0.29, 0.717) is 5.41 Å². The van der Waals surface area contributed by atoms with Crippen LogP contribution in [0.15, 0.2) is 48.5 Å². The summed E-state index contributed by atoms with van der Waals surface area (Å²) in [4.78, 5) is 0. The van der Waals surface area contributed by atoms with Crippen LogP contribution in [-0.2, 0) is 11.8 Å². The molecule has 0 unspecified atom stereocenters. The summed E-state index contributed by atoms with van der Waals surface area (Å²) in [6.45, 7) is 9.11. The lowest BCUT2D eigenvalue weighted by atomic mass is 9.77. The zero-order valence-corrected chi connectivity index (χ0v) is 13.2. The Hall–Kier alpha value is -1.56. The van der Waals surface area contributed by atoms with Gasteiger partial charge in [0, 0.05) is 0 Å². The average molecular weight is 266 g/mol. The van der Waals surface area contributed by atoms with E-state index in [-0.39, 0.29) is 0 Å². The maximum atomic E-state index is 2.36. The molecule has 2 rings (SSSR count). The van der Waals surface area contributed by atoms with Crippen LogP contribution in [0.1, 0.15) is 51.7 Å². The molecule has 0 heteroatoms. The van der Waals surface area contributed by atoms with Crippen molar-refractivity contribution in [1.29, 1.82) is 0 Å². The monoisotopic (exact) mass is 266 g/mol. The van der Waals surface area contributed by atoms with E-state index in [1.54, 1.807) is 0 Å². The van der Waals surface area contributed by atoms with E-state index in [1.165, 1.54) is 35.1 Å². The molecule has 0 aliphatic carbocycles. The second-order valence-electron chi connectivity index (χ2n) is 5.90. The summed E-state index contributed by atoms with van der Waals surface area (Å²) < 4.78 is 0. The molecule has 2 aromatic carbocycles. The minimum atomic E-state index is 0.310. The molecule has 0 nitrogen and oxygen atoms in total. The Morgan fingerprint density at radius 1 is 0.700 bits per heavy atom. The fourth-order valence-corrected chi connectivity index (χ4v) is 2.66. The summed E-state index contributed by atoms with van der Waals surface area (Å²) in [5, 5.41) is 0. The summed E-state index contributed by atoms with van der Waals surface area (Å²) in [6, 6.07) is 18.0. The van der Waals surface area contributed by atoms with E-state index in [9.17, 15) is 0 Å². The van der Waals surface area contributed by atoms with Gasteiger partial charge in [0.05, 0.1) is 0 Å². The number of hydrogen-bond donors (Lipinski definition) is 0. The molecular weight excluding hydrogens is 240 g/mol. The first-order valence-corrected chi connectivity index (χ1v) is 7.82. The van der Waals surface area contributed by atoms with Crippen molar-refractivity contribution in [3.05, 3.63) is 59.7 Å². The van der Waals surface area contributed by atoms with Crippen LogP contribution < -0.4 is 0 Å². The second-order valence-corrected chi connectivity index (χ2v) is 5.90. The molecule has 2 aromatic rings. The van der Waals surface area contributed by atoms with Gasteiger partial charge in [-0.15, -0.1) is 0 Å². The molecule has 0 radical (unpaired) electrons. The van der Waals surface area contributed by atoms with Crippen LogP contribution in [0.2, 0.25) is 0 Å². The third-order valence-electron chi connectivity index (χ3n) is 4.84. The highest BCUT2D eigenvalue weighted by Crippen LogP contribution is 2.32. The molecule has 0 aromatic heterocycles. The Kier molecular flexibility index (Phi) is 4.65. The van der Waals surface area contributed by atoms with Crippen molar-refractivity contribution in [1.82, 2.24) is 0 Å². The van der Waals surface area contributed by atoms with E-state index in [0.717, 1.165) is 6.42 Å². The van der Waals surface area contributed by atoms with Crippen LogP contribution in [0.3, 0.4) is 0 Å². The molecule has 106 valence electrons. The Morgan fingerprint density at radius 2 is 1.15 bits per heavy atom. The maximum Gasteiger partial charge on any atom is -0.00805 e. The van der Waals surface area contributed by atoms with Crippen LogP contribution in [-0.4, -0.2) is 0 Å². The summed E-state index contributed by atoms with van der Waals surface area (Å²) in [6.07, 6.45) is 3.48. The predicted octanol–water partition coefficient (Wildman–Crippen LogP) is 5.99. The molecule has 0 bridgehead atoms. The first-order valence-electron chi connectivity index (χ1n) is 7.82. The lowest BCUT2D eigenvalue weighted by Crippen LogP contribution is -2.19. The molecule has 0 saturated heterocycles. The van der Waals surface area contributed by atoms with Crippen LogP contribution >= 0.6 is 0 Å². The highest BCUT2D eigenvalue weighted by molar-refractivity contribution is 5.64. The van der Waals surface area contributed by atoms with Crippen molar-refractivity contribution in [2.75, 3.05) is 0 Å². The number of aryl methyl sites for hydroxylation is 1. The van der Waals surface area contributed by atoms with Crippen molar-refractivity contribution < 1.29 is 0 Å². The SMILES string of the molecule is CCc1ccc(-c2ccc(C(C)(CC)CC)cc2)cc1. The highest BCUT2D eigenvalue weighted by atomic mass is 14.3. The molecule has 0 aliphatic rings. The van der Waals surface area contributed by atoms with Crippen LogP contribution in [0, 0.1) is 0 Å². The Morgan fingerprint density at radius 3 is 1.55 bits per heavy atom. The summed E-state index contributed by atoms with van der Waals surface area (Å²) in [7, 11) is 0. The molecule has 0 aliphatic heterocycles. The van der Waals surface area contributed by atoms with Crippen LogP contribution in [0.5, 0.6) is 0 Å². The van der Waals surface area contributed by atoms with Gasteiger partial charge in [0.1, 0.15) is 0 Å². The lowest BCUT2D eigenvalue weighted by Gasteiger charge is -2.27. The van der Waals surface area contributed by atoms with Crippen molar-refractivity contribution in [3.63, 3.8) is 0 Å². The Balaban J connectivity index is 2.27. The number of rotatable bonds is 5. The van der Waals surface area contributed by atoms with Crippen molar-refractivity contribution in [2.45, 2.75) is 52.4 Å². The van der Waals surface area contributed by atoms with E-state index in [2.05, 4.69) is 76.2 Å². The molecule has 0 fully saturated rings. The van der Waals surface area contributed by atoms with Gasteiger partial charge in [-0.05, 0) is 46.9 Å². The van der Waals surface area contributed by atoms with Crippen LogP contribution in [0.4, 0.5) is 0 Å². The van der Waals surface area contributed by atoms with Gasteiger partial charge >= 0.3 is 0 Å². The fraction of sp³-hybridized carbons (Fsp3) is 0.400. The van der Waals surface area contributed by atoms with E-state index in [1.807, 2.05) is 0 Å². The molecule has 0 heterocycles. The topological polar surface area (TPSA) is 0 Å². The first-order chi connectivity index (χ1) is 9.62. The van der Waals surface area contributed by atoms with E-state index in [4.69, 9.17) is 0 Å². The smallest absolute Gasteiger partial charge is 0.00805 e. The van der Waals surface area contributed by atoms with Gasteiger partial charge in [0.2, 0.25) is 0 Å². The number of benzene rings is 2. The predicted molar refractivity (Wildman–Crippen MR) is 89.2 cm³/mol. The molecule has 0 saturated carbocycles. The Labute approximate surface area is 123 Å². The molecule has 0 spiro atoms. The first kappa shape index (κ1) is 14.8. The minimum Gasteiger partial charge on any atom is -0.0645 e. The van der Waals surface area contributed by atoms with Crippen molar-refractivity contribution >= 4 is 0 Å². The zero-order chi connectivity index (χ0) is 14.6. The summed E-state index contributed by atoms with van der Waals surface area (Å²) in [5.74, 6) is 0. The third-order valence-corrected chi connectivity index (χ3v) is 4.84. The molecule has 0 amide bonds. The zero-order valence-electron chi connectivity index (χ0n) is 13.2. The van der Waals surface area contributed by atoms with Crippen molar-refractivity contribution in [3.8, 4) is 11.1 Å². The largest absolute Gasteiger partial charge is 0.0645 e. The van der Waals surface area contributed by atoms with E-state index < -0.39 is 0 Å². The van der Waals surface area contributed by atoms with Crippen molar-refractivity contribution in [2.24, 2.45) is 0 Å². The third kappa shape index (κ3) is 2.95. The van der Waals surface area contributed by atoms with Gasteiger partial charge in [-0.3, -0.25) is 0 Å². The summed E-state index contributed by atoms with van der Waals surface area (Å²) >= 11 is 0. The second kappa shape index (κ2) is 6.26. The van der Waals surface area contributed by atoms with Gasteiger partial charge in [0.25, 0.3) is 0 Å².